The molecule has 1 heterocycles. The molecule has 0 aliphatic heterocycles. The topological polar surface area (TPSA) is 65.4 Å². The predicted octanol–water partition coefficient (Wildman–Crippen LogP) is 6.81. The van der Waals surface area contributed by atoms with Crippen LogP contribution in [-0.2, 0) is 24.1 Å². The van der Waals surface area contributed by atoms with Crippen LogP contribution in [0.3, 0.4) is 0 Å². The van der Waals surface area contributed by atoms with Crippen LogP contribution in [0.5, 0.6) is 11.5 Å². The quantitative estimate of drug-likeness (QED) is 0.239. The van der Waals surface area contributed by atoms with Crippen LogP contribution in [0.4, 0.5) is 19.0 Å². The highest BCUT2D eigenvalue weighted by molar-refractivity contribution is 6.01. The maximum Gasteiger partial charge on any atom is 0.416 e. The van der Waals surface area contributed by atoms with E-state index < -0.39 is 17.6 Å². The summed E-state index contributed by atoms with van der Waals surface area (Å²) in [5.41, 5.74) is 3.13. The molecule has 0 aliphatic rings. The molecule has 4 aromatic rings. The first-order chi connectivity index (χ1) is 18.6. The van der Waals surface area contributed by atoms with Crippen molar-refractivity contribution >= 4 is 17.8 Å². The summed E-state index contributed by atoms with van der Waals surface area (Å²) in [6.07, 6.45) is -1.37. The molecule has 1 N–H and O–H groups in total. The third-order valence-corrected chi connectivity index (χ3v) is 5.93. The Balaban J connectivity index is 1.40. The highest BCUT2D eigenvalue weighted by Gasteiger charge is 2.30. The van der Waals surface area contributed by atoms with Gasteiger partial charge in [0.15, 0.2) is 5.82 Å². The predicted molar refractivity (Wildman–Crippen MR) is 144 cm³/mol. The van der Waals surface area contributed by atoms with Gasteiger partial charge in [0.1, 0.15) is 18.1 Å². The maximum atomic E-state index is 13.0. The molecule has 39 heavy (non-hydrogen) atoms. The summed E-state index contributed by atoms with van der Waals surface area (Å²) in [7, 11) is 1.59. The molecule has 6 nitrogen and oxygen atoms in total. The van der Waals surface area contributed by atoms with Gasteiger partial charge in [-0.25, -0.2) is 0 Å². The number of aromatic nitrogens is 2. The number of nitrogens with zero attached hydrogens (tertiary/aromatic N) is 2. The monoisotopic (exact) mass is 535 g/mol. The van der Waals surface area contributed by atoms with Crippen molar-refractivity contribution in [1.82, 2.24) is 9.78 Å². The van der Waals surface area contributed by atoms with Crippen LogP contribution in [0.1, 0.15) is 33.5 Å². The van der Waals surface area contributed by atoms with E-state index in [1.165, 1.54) is 12.1 Å². The van der Waals surface area contributed by atoms with Crippen LogP contribution in [0.15, 0.2) is 78.9 Å². The van der Waals surface area contributed by atoms with Gasteiger partial charge in [-0.1, -0.05) is 30.3 Å². The minimum Gasteiger partial charge on any atom is -0.496 e. The standard InChI is InChI=1S/C30H28F3N3O3/c1-20-6-4-9-26(14-20)39-19-24-16-22(10-12-27(24)38-3)11-13-29(37)34-28-15-21(2)36(35-28)18-23-7-5-8-25(17-23)30(31,32)33/h4-17H,18-19H2,1-3H3,(H,34,35,37)/b13-11+. The number of alkyl halides is 3. The summed E-state index contributed by atoms with van der Waals surface area (Å²) < 4.78 is 52.0. The summed E-state index contributed by atoms with van der Waals surface area (Å²) in [6, 6.07) is 20.0. The van der Waals surface area contributed by atoms with E-state index in [1.54, 1.807) is 36.9 Å². The molecule has 202 valence electrons. The minimum absolute atomic E-state index is 0.140. The molecule has 0 saturated heterocycles. The lowest BCUT2D eigenvalue weighted by Gasteiger charge is -2.11. The molecule has 0 radical (unpaired) electrons. The molecule has 0 bridgehead atoms. The number of anilines is 1. The van der Waals surface area contributed by atoms with Gasteiger partial charge in [0.25, 0.3) is 0 Å². The molecule has 0 spiro atoms. The Labute approximate surface area is 224 Å². The number of nitrogens with one attached hydrogen (secondary N) is 1. The van der Waals surface area contributed by atoms with Crippen LogP contribution >= 0.6 is 0 Å². The largest absolute Gasteiger partial charge is 0.496 e. The van der Waals surface area contributed by atoms with Crippen molar-refractivity contribution < 1.29 is 27.4 Å². The zero-order chi connectivity index (χ0) is 28.0. The average molecular weight is 536 g/mol. The van der Waals surface area contributed by atoms with Crippen LogP contribution in [0.2, 0.25) is 0 Å². The highest BCUT2D eigenvalue weighted by Crippen LogP contribution is 2.30. The van der Waals surface area contributed by atoms with E-state index in [1.807, 2.05) is 49.4 Å². The normalized spacial score (nSPS) is 11.5. The van der Waals surface area contributed by atoms with Gasteiger partial charge >= 0.3 is 6.18 Å². The number of halogens is 3. The van der Waals surface area contributed by atoms with Crippen LogP contribution in [-0.4, -0.2) is 22.8 Å². The summed E-state index contributed by atoms with van der Waals surface area (Å²) in [5.74, 6) is 1.33. The Morgan fingerprint density at radius 1 is 1.03 bits per heavy atom. The molecular formula is C30H28F3N3O3. The lowest BCUT2D eigenvalue weighted by molar-refractivity contribution is -0.137. The van der Waals surface area contributed by atoms with E-state index in [9.17, 15) is 18.0 Å². The number of carbonyl (C=O) groups excluding carboxylic acids is 1. The first-order valence-electron chi connectivity index (χ1n) is 12.2. The van der Waals surface area contributed by atoms with Crippen molar-refractivity contribution in [3.63, 3.8) is 0 Å². The zero-order valence-electron chi connectivity index (χ0n) is 21.8. The molecule has 0 aliphatic carbocycles. The van der Waals surface area contributed by atoms with Crippen LogP contribution in [0, 0.1) is 13.8 Å². The van der Waals surface area contributed by atoms with Crippen molar-refractivity contribution in [2.24, 2.45) is 0 Å². The number of ether oxygens (including phenoxy) is 2. The first kappa shape index (κ1) is 27.5. The van der Waals surface area contributed by atoms with Gasteiger partial charge in [0.2, 0.25) is 5.91 Å². The highest BCUT2D eigenvalue weighted by atomic mass is 19.4. The molecule has 0 atom stereocenters. The Hall–Kier alpha value is -4.53. The van der Waals surface area contributed by atoms with E-state index in [0.717, 1.165) is 34.6 Å². The fraction of sp³-hybridized carbons (Fsp3) is 0.200. The number of carbonyl (C=O) groups is 1. The molecular weight excluding hydrogens is 507 g/mol. The summed E-state index contributed by atoms with van der Waals surface area (Å²) in [6.45, 7) is 4.19. The second kappa shape index (κ2) is 11.9. The third-order valence-electron chi connectivity index (χ3n) is 5.93. The lowest BCUT2D eigenvalue weighted by Crippen LogP contribution is -2.10. The number of benzene rings is 3. The Morgan fingerprint density at radius 3 is 2.56 bits per heavy atom. The summed E-state index contributed by atoms with van der Waals surface area (Å²) in [5, 5.41) is 7.02. The zero-order valence-corrected chi connectivity index (χ0v) is 21.8. The van der Waals surface area contributed by atoms with Gasteiger partial charge < -0.3 is 14.8 Å². The molecule has 0 fully saturated rings. The fourth-order valence-corrected chi connectivity index (χ4v) is 3.97. The molecule has 1 amide bonds. The van der Waals surface area contributed by atoms with Gasteiger partial charge in [0.05, 0.1) is 19.2 Å². The molecule has 0 saturated carbocycles. The van der Waals surface area contributed by atoms with Gasteiger partial charge in [-0.2, -0.15) is 18.3 Å². The molecule has 0 unspecified atom stereocenters. The Kier molecular flexibility index (Phi) is 8.39. The van der Waals surface area contributed by atoms with Crippen molar-refractivity contribution in [2.75, 3.05) is 12.4 Å². The van der Waals surface area contributed by atoms with E-state index >= 15 is 0 Å². The number of aryl methyl sites for hydroxylation is 2. The number of hydrogen-bond donors (Lipinski definition) is 1. The molecule has 3 aromatic carbocycles. The van der Waals surface area contributed by atoms with Gasteiger partial charge in [-0.15, -0.1) is 0 Å². The van der Waals surface area contributed by atoms with Crippen LogP contribution in [0.25, 0.3) is 6.08 Å². The second-order valence-corrected chi connectivity index (χ2v) is 9.03. The van der Waals surface area contributed by atoms with E-state index in [-0.39, 0.29) is 6.54 Å². The summed E-state index contributed by atoms with van der Waals surface area (Å²) in [4.78, 5) is 12.5. The van der Waals surface area contributed by atoms with Gasteiger partial charge in [-0.3, -0.25) is 9.48 Å². The first-order valence-corrected chi connectivity index (χ1v) is 12.2. The second-order valence-electron chi connectivity index (χ2n) is 9.03. The van der Waals surface area contributed by atoms with E-state index in [2.05, 4.69) is 10.4 Å². The molecule has 4 rings (SSSR count). The molecule has 9 heteroatoms. The SMILES string of the molecule is COc1ccc(/C=C/C(=O)Nc2cc(C)n(Cc3cccc(C(F)(F)F)c3)n2)cc1COc1cccc(C)c1. The minimum atomic E-state index is -4.42. The maximum absolute atomic E-state index is 13.0. The van der Waals surface area contributed by atoms with E-state index in [4.69, 9.17) is 9.47 Å². The summed E-state index contributed by atoms with van der Waals surface area (Å²) >= 11 is 0. The average Bonchev–Trinajstić information content (AvgIpc) is 3.23. The number of amides is 1. The number of rotatable bonds is 9. The van der Waals surface area contributed by atoms with Gasteiger partial charge in [-0.05, 0) is 73.0 Å². The Morgan fingerprint density at radius 2 is 1.82 bits per heavy atom. The van der Waals surface area contributed by atoms with Crippen molar-refractivity contribution in [1.29, 1.82) is 0 Å². The van der Waals surface area contributed by atoms with Crippen molar-refractivity contribution in [2.45, 2.75) is 33.2 Å². The van der Waals surface area contributed by atoms with Gasteiger partial charge in [0, 0.05) is 23.4 Å². The third kappa shape index (κ3) is 7.50. The van der Waals surface area contributed by atoms with Crippen LogP contribution < -0.4 is 14.8 Å². The Bertz CT molecular complexity index is 1490. The molecule has 1 aromatic heterocycles. The number of methoxy groups -OCH3 is 1. The fourth-order valence-electron chi connectivity index (χ4n) is 3.97. The number of hydrogen-bond acceptors (Lipinski definition) is 4. The van der Waals surface area contributed by atoms with E-state index in [0.29, 0.717) is 29.4 Å². The van der Waals surface area contributed by atoms with Crippen molar-refractivity contribution in [3.8, 4) is 11.5 Å². The lowest BCUT2D eigenvalue weighted by atomic mass is 10.1. The van der Waals surface area contributed by atoms with Crippen molar-refractivity contribution in [3.05, 3.63) is 112 Å². The smallest absolute Gasteiger partial charge is 0.416 e.